The molecule has 0 bridgehead atoms. The van der Waals surface area contributed by atoms with Gasteiger partial charge in [0, 0.05) is 18.3 Å². The van der Waals surface area contributed by atoms with Crippen molar-refractivity contribution in [3.8, 4) is 11.4 Å². The molecule has 0 spiro atoms. The Morgan fingerprint density at radius 3 is 2.64 bits per heavy atom. The quantitative estimate of drug-likeness (QED) is 0.567. The molecule has 1 atom stereocenters. The van der Waals surface area contributed by atoms with E-state index in [1.54, 1.807) is 18.3 Å². The van der Waals surface area contributed by atoms with Gasteiger partial charge in [-0.1, -0.05) is 47.7 Å². The molecule has 0 N–H and O–H groups in total. The number of hydrogen-bond acceptors (Lipinski definition) is 5. The van der Waals surface area contributed by atoms with Crippen molar-refractivity contribution in [3.63, 3.8) is 0 Å². The van der Waals surface area contributed by atoms with Crippen LogP contribution in [0.25, 0.3) is 5.69 Å². The van der Waals surface area contributed by atoms with E-state index in [0.29, 0.717) is 5.16 Å². The fourth-order valence-corrected chi connectivity index (χ4v) is 3.72. The highest BCUT2D eigenvalue weighted by molar-refractivity contribution is 7.99. The van der Waals surface area contributed by atoms with Gasteiger partial charge in [0.25, 0.3) is 0 Å². The van der Waals surface area contributed by atoms with Gasteiger partial charge in [0.15, 0.2) is 5.16 Å². The molecule has 0 aliphatic rings. The maximum Gasteiger partial charge on any atom is 0.233 e. The molecule has 146 valence electrons. The number of aromatic nitrogens is 3. The first-order valence-corrected chi connectivity index (χ1v) is 9.98. The Hall–Kier alpha value is -2.80. The normalized spacial score (nSPS) is 11.9. The van der Waals surface area contributed by atoms with E-state index in [1.165, 1.54) is 17.3 Å². The average molecular weight is 397 g/mol. The standard InChI is InChI=1S/C21H24N4O2S/c1-15-9-11-17(12-10-15)25-14-22-23-21(25)28-13-20(26)24(3)16(2)18-7-5-6-8-19(18)27-4/h5-12,14,16H,13H2,1-4H3. The van der Waals surface area contributed by atoms with Gasteiger partial charge < -0.3 is 9.64 Å². The molecule has 0 fully saturated rings. The monoisotopic (exact) mass is 396 g/mol. The SMILES string of the molecule is COc1ccccc1C(C)N(C)C(=O)CSc1nncn1-c1ccc(C)cc1. The van der Waals surface area contributed by atoms with Crippen LogP contribution in [0, 0.1) is 6.92 Å². The lowest BCUT2D eigenvalue weighted by Gasteiger charge is -2.26. The minimum Gasteiger partial charge on any atom is -0.496 e. The van der Waals surface area contributed by atoms with Crippen LogP contribution < -0.4 is 4.74 Å². The van der Waals surface area contributed by atoms with Crippen molar-refractivity contribution in [1.29, 1.82) is 0 Å². The summed E-state index contributed by atoms with van der Waals surface area (Å²) in [5.41, 5.74) is 3.14. The van der Waals surface area contributed by atoms with Gasteiger partial charge >= 0.3 is 0 Å². The number of carbonyl (C=O) groups excluding carboxylic acids is 1. The van der Waals surface area contributed by atoms with Crippen LogP contribution in [0.1, 0.15) is 24.1 Å². The van der Waals surface area contributed by atoms with Crippen LogP contribution in [-0.4, -0.2) is 45.5 Å². The maximum atomic E-state index is 12.8. The van der Waals surface area contributed by atoms with E-state index in [-0.39, 0.29) is 17.7 Å². The largest absolute Gasteiger partial charge is 0.496 e. The topological polar surface area (TPSA) is 60.2 Å². The Morgan fingerprint density at radius 1 is 1.21 bits per heavy atom. The van der Waals surface area contributed by atoms with E-state index < -0.39 is 0 Å². The van der Waals surface area contributed by atoms with E-state index in [9.17, 15) is 4.79 Å². The zero-order valence-electron chi connectivity index (χ0n) is 16.5. The number of ether oxygens (including phenoxy) is 1. The van der Waals surface area contributed by atoms with Crippen molar-refractivity contribution in [2.45, 2.75) is 25.0 Å². The van der Waals surface area contributed by atoms with E-state index in [2.05, 4.69) is 10.2 Å². The molecular weight excluding hydrogens is 372 g/mol. The van der Waals surface area contributed by atoms with Gasteiger partial charge in [-0.05, 0) is 32.0 Å². The van der Waals surface area contributed by atoms with Crippen LogP contribution in [0.5, 0.6) is 5.75 Å². The van der Waals surface area contributed by atoms with Crippen molar-refractivity contribution in [3.05, 3.63) is 66.0 Å². The van der Waals surface area contributed by atoms with Crippen molar-refractivity contribution in [2.24, 2.45) is 0 Å². The molecule has 3 rings (SSSR count). The Morgan fingerprint density at radius 2 is 1.93 bits per heavy atom. The molecule has 3 aromatic rings. The number of rotatable bonds is 7. The molecule has 0 radical (unpaired) electrons. The molecule has 7 heteroatoms. The summed E-state index contributed by atoms with van der Waals surface area (Å²) in [4.78, 5) is 14.5. The number of hydrogen-bond donors (Lipinski definition) is 0. The maximum absolute atomic E-state index is 12.8. The number of benzene rings is 2. The number of para-hydroxylation sites is 1. The smallest absolute Gasteiger partial charge is 0.233 e. The van der Waals surface area contributed by atoms with Gasteiger partial charge in [0.1, 0.15) is 12.1 Å². The highest BCUT2D eigenvalue weighted by Crippen LogP contribution is 2.29. The number of methoxy groups -OCH3 is 1. The summed E-state index contributed by atoms with van der Waals surface area (Å²) in [6.07, 6.45) is 1.67. The van der Waals surface area contributed by atoms with Crippen molar-refractivity contribution in [2.75, 3.05) is 19.9 Å². The molecule has 6 nitrogen and oxygen atoms in total. The van der Waals surface area contributed by atoms with Gasteiger partial charge in [0.05, 0.1) is 18.9 Å². The summed E-state index contributed by atoms with van der Waals surface area (Å²) in [6.45, 7) is 4.04. The second-order valence-electron chi connectivity index (χ2n) is 6.53. The highest BCUT2D eigenvalue weighted by Gasteiger charge is 2.21. The first-order chi connectivity index (χ1) is 13.5. The number of amides is 1. The molecule has 0 saturated carbocycles. The molecule has 1 unspecified atom stereocenters. The van der Waals surface area contributed by atoms with Crippen molar-refractivity contribution < 1.29 is 9.53 Å². The van der Waals surface area contributed by atoms with Crippen LogP contribution >= 0.6 is 11.8 Å². The molecule has 28 heavy (non-hydrogen) atoms. The van der Waals surface area contributed by atoms with Crippen LogP contribution in [-0.2, 0) is 4.79 Å². The van der Waals surface area contributed by atoms with E-state index in [4.69, 9.17) is 4.74 Å². The second-order valence-corrected chi connectivity index (χ2v) is 7.47. The number of carbonyl (C=O) groups is 1. The molecule has 0 aliphatic carbocycles. The van der Waals surface area contributed by atoms with Crippen LogP contribution in [0.4, 0.5) is 0 Å². The van der Waals surface area contributed by atoms with Crippen molar-refractivity contribution in [1.82, 2.24) is 19.7 Å². The van der Waals surface area contributed by atoms with Gasteiger partial charge in [-0.2, -0.15) is 0 Å². The minimum absolute atomic E-state index is 0.0156. The lowest BCUT2D eigenvalue weighted by atomic mass is 10.1. The zero-order chi connectivity index (χ0) is 20.1. The Balaban J connectivity index is 1.67. The van der Waals surface area contributed by atoms with Crippen LogP contribution in [0.3, 0.4) is 0 Å². The lowest BCUT2D eigenvalue weighted by Crippen LogP contribution is -2.31. The Kier molecular flexibility index (Phi) is 6.36. The van der Waals surface area contributed by atoms with E-state index >= 15 is 0 Å². The molecule has 1 aromatic heterocycles. The Bertz CT molecular complexity index is 940. The third-order valence-electron chi connectivity index (χ3n) is 4.72. The third-order valence-corrected chi connectivity index (χ3v) is 5.64. The van der Waals surface area contributed by atoms with Crippen LogP contribution in [0.2, 0.25) is 0 Å². The molecule has 2 aromatic carbocycles. The fourth-order valence-electron chi connectivity index (χ4n) is 2.87. The highest BCUT2D eigenvalue weighted by atomic mass is 32.2. The number of nitrogens with zero attached hydrogens (tertiary/aromatic N) is 4. The van der Waals surface area contributed by atoms with Gasteiger partial charge in [-0.3, -0.25) is 9.36 Å². The predicted octanol–water partition coefficient (Wildman–Crippen LogP) is 3.90. The summed E-state index contributed by atoms with van der Waals surface area (Å²) in [5, 5.41) is 8.85. The van der Waals surface area contributed by atoms with Gasteiger partial charge in [-0.25, -0.2) is 0 Å². The molecule has 1 amide bonds. The molecule has 0 aliphatic heterocycles. The summed E-state index contributed by atoms with van der Waals surface area (Å²) in [6, 6.07) is 15.8. The minimum atomic E-state index is -0.0979. The summed E-state index contributed by atoms with van der Waals surface area (Å²) in [7, 11) is 3.45. The molecule has 1 heterocycles. The second kappa shape index (κ2) is 8.93. The summed E-state index contributed by atoms with van der Waals surface area (Å²) >= 11 is 1.38. The van der Waals surface area contributed by atoms with Crippen LogP contribution in [0.15, 0.2) is 60.0 Å². The van der Waals surface area contributed by atoms with E-state index in [1.807, 2.05) is 74.0 Å². The first kappa shape index (κ1) is 19.9. The van der Waals surface area contributed by atoms with Gasteiger partial charge in [-0.15, -0.1) is 10.2 Å². The summed E-state index contributed by atoms with van der Waals surface area (Å²) in [5.74, 6) is 1.07. The fraction of sp³-hybridized carbons (Fsp3) is 0.286. The first-order valence-electron chi connectivity index (χ1n) is 8.99. The lowest BCUT2D eigenvalue weighted by molar-refractivity contribution is -0.128. The number of thioether (sulfide) groups is 1. The number of aryl methyl sites for hydroxylation is 1. The summed E-state index contributed by atoms with van der Waals surface area (Å²) < 4.78 is 7.31. The zero-order valence-corrected chi connectivity index (χ0v) is 17.3. The third kappa shape index (κ3) is 4.36. The van der Waals surface area contributed by atoms with E-state index in [0.717, 1.165) is 17.0 Å². The average Bonchev–Trinajstić information content (AvgIpc) is 3.20. The Labute approximate surface area is 169 Å². The van der Waals surface area contributed by atoms with Crippen molar-refractivity contribution >= 4 is 17.7 Å². The molecule has 0 saturated heterocycles. The molecular formula is C21H24N4O2S. The predicted molar refractivity (Wildman–Crippen MR) is 111 cm³/mol. The van der Waals surface area contributed by atoms with Gasteiger partial charge in [0.2, 0.25) is 5.91 Å².